The summed E-state index contributed by atoms with van der Waals surface area (Å²) in [4.78, 5) is 28.2. The molecule has 2 unspecified atom stereocenters. The van der Waals surface area contributed by atoms with Crippen LogP contribution in [0.3, 0.4) is 0 Å². The lowest BCUT2D eigenvalue weighted by molar-refractivity contribution is 0.00641. The quantitative estimate of drug-likeness (QED) is 0.384. The van der Waals surface area contributed by atoms with Crippen LogP contribution >= 0.6 is 0 Å². The van der Waals surface area contributed by atoms with Gasteiger partial charge in [0.05, 0.1) is 5.56 Å². The highest BCUT2D eigenvalue weighted by Gasteiger charge is 2.44. The molecule has 1 amide bonds. The normalized spacial score (nSPS) is 22.6. The van der Waals surface area contributed by atoms with E-state index < -0.39 is 17.6 Å². The molecule has 2 saturated heterocycles. The lowest BCUT2D eigenvalue weighted by atomic mass is 9.76. The highest BCUT2D eigenvalue weighted by Crippen LogP contribution is 2.45. The number of Topliss-reactive ketones (excluding diaryl/α,β-unsaturated/α-hetero) is 1. The molecule has 0 aromatic heterocycles. The molecular weight excluding hydrogens is 460 g/mol. The molecule has 6 heteroatoms. The zero-order valence-corrected chi connectivity index (χ0v) is 19.8. The lowest BCUT2D eigenvalue weighted by Gasteiger charge is -2.47. The minimum atomic E-state index is -0.703. The second kappa shape index (κ2) is 9.16. The van der Waals surface area contributed by atoms with Gasteiger partial charge in [0.15, 0.2) is 5.78 Å². The third-order valence-electron chi connectivity index (χ3n) is 8.09. The van der Waals surface area contributed by atoms with E-state index in [2.05, 4.69) is 24.3 Å². The van der Waals surface area contributed by atoms with Crippen LogP contribution in [0.1, 0.15) is 59.5 Å². The van der Waals surface area contributed by atoms with E-state index in [1.54, 1.807) is 0 Å². The number of carbonyl (C=O) groups is 2. The first-order chi connectivity index (χ1) is 17.5. The first kappa shape index (κ1) is 22.9. The van der Waals surface area contributed by atoms with Crippen LogP contribution < -0.4 is 0 Å². The Hall–Kier alpha value is -3.54. The summed E-state index contributed by atoms with van der Waals surface area (Å²) in [6.45, 7) is 0.250. The number of hydrogen-bond donors (Lipinski definition) is 0. The third-order valence-corrected chi connectivity index (χ3v) is 8.09. The summed E-state index contributed by atoms with van der Waals surface area (Å²) in [5.41, 5.74) is 4.47. The number of hydrogen-bond acceptors (Lipinski definition) is 3. The van der Waals surface area contributed by atoms with Crippen molar-refractivity contribution >= 4 is 11.9 Å². The van der Waals surface area contributed by atoms with Gasteiger partial charge in [0, 0.05) is 23.9 Å². The molecule has 2 heterocycles. The van der Waals surface area contributed by atoms with Crippen molar-refractivity contribution in [1.82, 2.24) is 4.90 Å². The van der Waals surface area contributed by atoms with Crippen molar-refractivity contribution < 1.29 is 23.1 Å². The summed E-state index contributed by atoms with van der Waals surface area (Å²) in [7, 11) is 0. The van der Waals surface area contributed by atoms with E-state index in [0.29, 0.717) is 12.8 Å². The van der Waals surface area contributed by atoms with Gasteiger partial charge in [-0.2, -0.15) is 0 Å². The summed E-state index contributed by atoms with van der Waals surface area (Å²) < 4.78 is 33.9. The third kappa shape index (κ3) is 3.89. The Morgan fingerprint density at radius 3 is 2.11 bits per heavy atom. The molecule has 3 aromatic carbocycles. The van der Waals surface area contributed by atoms with E-state index >= 15 is 0 Å². The number of benzene rings is 3. The van der Waals surface area contributed by atoms with Crippen LogP contribution in [0, 0.1) is 17.6 Å². The predicted molar refractivity (Wildman–Crippen MR) is 132 cm³/mol. The molecular formula is C30H27F2NO3. The van der Waals surface area contributed by atoms with Crippen molar-refractivity contribution in [3.63, 3.8) is 0 Å². The molecule has 0 radical (unpaired) electrons. The fourth-order valence-corrected chi connectivity index (χ4v) is 6.47. The van der Waals surface area contributed by atoms with Crippen LogP contribution in [-0.4, -0.2) is 35.5 Å². The number of rotatable bonds is 4. The number of carbonyl (C=O) groups excluding carboxylic acids is 2. The minimum absolute atomic E-state index is 0.0174. The zero-order chi connectivity index (χ0) is 24.8. The maximum absolute atomic E-state index is 14.3. The summed E-state index contributed by atoms with van der Waals surface area (Å²) in [6, 6.07) is 19.1. The van der Waals surface area contributed by atoms with Gasteiger partial charge in [-0.25, -0.2) is 13.6 Å². The number of halogens is 2. The average Bonchev–Trinajstić information content (AvgIpc) is 3.21. The number of piperidine rings is 2. The van der Waals surface area contributed by atoms with Crippen LogP contribution in [0.15, 0.2) is 66.7 Å². The Labute approximate surface area is 208 Å². The molecule has 6 rings (SSSR count). The Morgan fingerprint density at radius 1 is 0.861 bits per heavy atom. The SMILES string of the molecule is O=C(c1cc(F)ccc1F)C1CC2CCCC(C1)N2C(=O)OCC1c2ccccc2-c2ccccc21. The number of fused-ring (bicyclic) bond motifs is 5. The monoisotopic (exact) mass is 487 g/mol. The largest absolute Gasteiger partial charge is 0.448 e. The second-order valence-corrected chi connectivity index (χ2v) is 10.1. The van der Waals surface area contributed by atoms with Crippen LogP contribution in [0.2, 0.25) is 0 Å². The Bertz CT molecular complexity index is 1280. The van der Waals surface area contributed by atoms with Gasteiger partial charge in [-0.15, -0.1) is 0 Å². The summed E-state index contributed by atoms with van der Waals surface area (Å²) in [5.74, 6) is -2.16. The van der Waals surface area contributed by atoms with Crippen molar-refractivity contribution in [1.29, 1.82) is 0 Å². The lowest BCUT2D eigenvalue weighted by Crippen LogP contribution is -2.56. The van der Waals surface area contributed by atoms with Crippen LogP contribution in [0.25, 0.3) is 11.1 Å². The van der Waals surface area contributed by atoms with Gasteiger partial charge in [-0.1, -0.05) is 48.5 Å². The maximum Gasteiger partial charge on any atom is 0.410 e. The van der Waals surface area contributed by atoms with E-state index in [4.69, 9.17) is 4.74 Å². The molecule has 3 aliphatic rings. The molecule has 2 aliphatic heterocycles. The topological polar surface area (TPSA) is 46.6 Å². The van der Waals surface area contributed by atoms with E-state index in [1.165, 1.54) is 11.1 Å². The van der Waals surface area contributed by atoms with E-state index in [0.717, 1.165) is 48.6 Å². The number of ketones is 1. The number of ether oxygens (including phenoxy) is 1. The van der Waals surface area contributed by atoms with Crippen LogP contribution in [0.4, 0.5) is 13.6 Å². The Balaban J connectivity index is 1.17. The molecule has 3 aromatic rings. The van der Waals surface area contributed by atoms with Gasteiger partial charge < -0.3 is 9.64 Å². The number of amides is 1. The van der Waals surface area contributed by atoms with Crippen molar-refractivity contribution in [2.75, 3.05) is 6.61 Å². The summed E-state index contributed by atoms with van der Waals surface area (Å²) >= 11 is 0. The van der Waals surface area contributed by atoms with Crippen LogP contribution in [-0.2, 0) is 4.74 Å². The molecule has 2 atom stereocenters. The van der Waals surface area contributed by atoms with Gasteiger partial charge in [0.1, 0.15) is 18.2 Å². The maximum atomic E-state index is 14.3. The summed E-state index contributed by atoms with van der Waals surface area (Å²) in [6.07, 6.45) is 3.05. The van der Waals surface area contributed by atoms with Gasteiger partial charge in [-0.05, 0) is 72.6 Å². The van der Waals surface area contributed by atoms with Gasteiger partial charge in [0.25, 0.3) is 0 Å². The standard InChI is InChI=1S/C30H27F2NO3/c31-19-12-13-28(32)26(16-19)29(34)18-14-20-6-5-7-21(15-18)33(20)30(35)36-17-27-24-10-3-1-8-22(24)23-9-2-4-11-25(23)27/h1-4,8-13,16,18,20-21,27H,5-7,14-15,17H2. The molecule has 2 fully saturated rings. The van der Waals surface area contributed by atoms with Crippen molar-refractivity contribution in [3.8, 4) is 11.1 Å². The molecule has 184 valence electrons. The molecule has 36 heavy (non-hydrogen) atoms. The Kier molecular flexibility index (Phi) is 5.82. The molecule has 0 N–H and O–H groups in total. The first-order valence-electron chi connectivity index (χ1n) is 12.6. The predicted octanol–water partition coefficient (Wildman–Crippen LogP) is 6.73. The fraction of sp³-hybridized carbons (Fsp3) is 0.333. The molecule has 4 nitrogen and oxygen atoms in total. The smallest absolute Gasteiger partial charge is 0.410 e. The van der Waals surface area contributed by atoms with Gasteiger partial charge in [0.2, 0.25) is 0 Å². The minimum Gasteiger partial charge on any atom is -0.448 e. The molecule has 1 aliphatic carbocycles. The van der Waals surface area contributed by atoms with E-state index in [-0.39, 0.29) is 42.0 Å². The second-order valence-electron chi connectivity index (χ2n) is 10.1. The summed E-state index contributed by atoms with van der Waals surface area (Å²) in [5, 5.41) is 0. The fourth-order valence-electron chi connectivity index (χ4n) is 6.47. The average molecular weight is 488 g/mol. The van der Waals surface area contributed by atoms with Gasteiger partial charge in [-0.3, -0.25) is 4.79 Å². The first-order valence-corrected chi connectivity index (χ1v) is 12.6. The Morgan fingerprint density at radius 2 is 1.47 bits per heavy atom. The highest BCUT2D eigenvalue weighted by atomic mass is 19.1. The van der Waals surface area contributed by atoms with Crippen molar-refractivity contribution in [2.45, 2.75) is 50.1 Å². The van der Waals surface area contributed by atoms with E-state index in [1.807, 2.05) is 29.2 Å². The molecule has 2 bridgehead atoms. The number of nitrogens with zero attached hydrogens (tertiary/aromatic N) is 1. The highest BCUT2D eigenvalue weighted by molar-refractivity contribution is 5.98. The van der Waals surface area contributed by atoms with E-state index in [9.17, 15) is 18.4 Å². The van der Waals surface area contributed by atoms with Gasteiger partial charge >= 0.3 is 6.09 Å². The van der Waals surface area contributed by atoms with Crippen molar-refractivity contribution in [2.24, 2.45) is 5.92 Å². The zero-order valence-electron chi connectivity index (χ0n) is 19.8. The molecule has 0 saturated carbocycles. The van der Waals surface area contributed by atoms with Crippen molar-refractivity contribution in [3.05, 3.63) is 95.1 Å². The molecule has 0 spiro atoms. The van der Waals surface area contributed by atoms with Crippen LogP contribution in [0.5, 0.6) is 0 Å².